The van der Waals surface area contributed by atoms with Crippen molar-refractivity contribution in [2.75, 3.05) is 5.75 Å². The fourth-order valence-electron chi connectivity index (χ4n) is 4.38. The lowest BCUT2D eigenvalue weighted by Crippen LogP contribution is -2.11. The van der Waals surface area contributed by atoms with Crippen LogP contribution in [0.15, 0.2) is 22.9 Å². The third kappa shape index (κ3) is 4.73. The van der Waals surface area contributed by atoms with Crippen LogP contribution in [0.25, 0.3) is 16.8 Å². The zero-order valence-electron chi connectivity index (χ0n) is 16.9. The van der Waals surface area contributed by atoms with Crippen LogP contribution in [-0.4, -0.2) is 51.1 Å². The van der Waals surface area contributed by atoms with E-state index in [0.29, 0.717) is 12.1 Å². The Morgan fingerprint density at radius 1 is 1.32 bits per heavy atom. The van der Waals surface area contributed by atoms with E-state index in [1.807, 2.05) is 10.5 Å². The lowest BCUT2D eigenvalue weighted by molar-refractivity contribution is -0.134. The molecule has 1 aliphatic carbocycles. The van der Waals surface area contributed by atoms with Gasteiger partial charge in [0.15, 0.2) is 11.3 Å². The average Bonchev–Trinajstić information content (AvgIpc) is 3.41. The molecule has 3 aromatic rings. The first-order valence-electron chi connectivity index (χ1n) is 10.2. The minimum Gasteiger partial charge on any atom is -0.345 e. The normalized spacial score (nSPS) is 22.9. The Labute approximate surface area is 177 Å². The number of hydrogen-bond donors (Lipinski definition) is 1. The van der Waals surface area contributed by atoms with E-state index < -0.39 is 34.8 Å². The number of nitrogens with one attached hydrogen (secondary N) is 1. The molecule has 0 aliphatic heterocycles. The van der Waals surface area contributed by atoms with Crippen LogP contribution in [0.3, 0.4) is 0 Å². The van der Waals surface area contributed by atoms with Crippen LogP contribution >= 0.6 is 0 Å². The summed E-state index contributed by atoms with van der Waals surface area (Å²) in [6.07, 6.45) is 1.12. The number of nitrogens with zero attached hydrogens (tertiary/aromatic N) is 5. The molecule has 0 amide bonds. The summed E-state index contributed by atoms with van der Waals surface area (Å²) in [6.45, 7) is 2.07. The third-order valence-corrected chi connectivity index (χ3v) is 7.10. The molecule has 168 valence electrons. The van der Waals surface area contributed by atoms with Crippen LogP contribution in [0.2, 0.25) is 0 Å². The van der Waals surface area contributed by atoms with Gasteiger partial charge in [0.05, 0.1) is 17.5 Å². The Kier molecular flexibility index (Phi) is 5.75. The quantitative estimate of drug-likeness (QED) is 0.544. The standard InChI is InChI=1S/C19H23F3N6O2S/c1-2-13-8-12(10-25-31(29,30)7-3-5-19(20,21)22)9-14(13)18-27-26-16-11-24-17-15(28(16)18)4-6-23-17/h4,6,10-14,23H,2-3,5,7-9H2,1H3/t12?,13-,14+/m1/s1. The van der Waals surface area contributed by atoms with Crippen molar-refractivity contribution in [3.05, 3.63) is 24.3 Å². The monoisotopic (exact) mass is 456 g/mol. The molecule has 1 saturated carbocycles. The maximum atomic E-state index is 12.3. The van der Waals surface area contributed by atoms with Gasteiger partial charge in [-0.1, -0.05) is 13.3 Å². The smallest absolute Gasteiger partial charge is 0.345 e. The second-order valence-electron chi connectivity index (χ2n) is 7.99. The fraction of sp³-hybridized carbons (Fsp3) is 0.579. The number of aromatic amines is 1. The summed E-state index contributed by atoms with van der Waals surface area (Å²) in [5, 5.41) is 8.64. The second kappa shape index (κ2) is 8.21. The molecule has 3 heterocycles. The van der Waals surface area contributed by atoms with Gasteiger partial charge >= 0.3 is 6.18 Å². The Morgan fingerprint density at radius 2 is 2.13 bits per heavy atom. The summed E-state index contributed by atoms with van der Waals surface area (Å²) in [7, 11) is -3.92. The van der Waals surface area contributed by atoms with E-state index in [4.69, 9.17) is 0 Å². The minimum absolute atomic E-state index is 0.0601. The van der Waals surface area contributed by atoms with Gasteiger partial charge in [0.25, 0.3) is 10.0 Å². The van der Waals surface area contributed by atoms with Gasteiger partial charge in [-0.05, 0) is 37.2 Å². The number of rotatable bonds is 7. The molecule has 1 fully saturated rings. The molecule has 3 atom stereocenters. The van der Waals surface area contributed by atoms with Crippen molar-refractivity contribution >= 4 is 33.0 Å². The van der Waals surface area contributed by atoms with E-state index >= 15 is 0 Å². The molecule has 3 aromatic heterocycles. The second-order valence-corrected chi connectivity index (χ2v) is 9.77. The Balaban J connectivity index is 1.51. The van der Waals surface area contributed by atoms with Crippen LogP contribution in [0, 0.1) is 11.8 Å². The van der Waals surface area contributed by atoms with E-state index in [9.17, 15) is 21.6 Å². The van der Waals surface area contributed by atoms with Gasteiger partial charge < -0.3 is 4.98 Å². The number of H-pyrrole nitrogens is 1. The fourth-order valence-corrected chi connectivity index (χ4v) is 5.35. The minimum atomic E-state index is -4.37. The molecule has 1 N–H and O–H groups in total. The van der Waals surface area contributed by atoms with E-state index in [2.05, 4.69) is 31.5 Å². The predicted octanol–water partition coefficient (Wildman–Crippen LogP) is 3.87. The van der Waals surface area contributed by atoms with Gasteiger partial charge in [0.1, 0.15) is 5.82 Å². The van der Waals surface area contributed by atoms with Crippen molar-refractivity contribution < 1.29 is 21.6 Å². The van der Waals surface area contributed by atoms with Crippen LogP contribution in [-0.2, 0) is 10.0 Å². The van der Waals surface area contributed by atoms with Crippen molar-refractivity contribution in [3.63, 3.8) is 0 Å². The van der Waals surface area contributed by atoms with Crippen molar-refractivity contribution in [2.24, 2.45) is 16.2 Å². The van der Waals surface area contributed by atoms with Crippen molar-refractivity contribution in [2.45, 2.75) is 51.1 Å². The lowest BCUT2D eigenvalue weighted by atomic mass is 9.93. The molecular weight excluding hydrogens is 433 g/mol. The highest BCUT2D eigenvalue weighted by Gasteiger charge is 2.37. The number of fused-ring (bicyclic) bond motifs is 3. The molecule has 1 aliphatic rings. The van der Waals surface area contributed by atoms with E-state index in [0.717, 1.165) is 29.8 Å². The highest BCUT2D eigenvalue weighted by Crippen LogP contribution is 2.44. The Morgan fingerprint density at radius 3 is 2.87 bits per heavy atom. The number of hydrogen-bond acceptors (Lipinski definition) is 5. The van der Waals surface area contributed by atoms with E-state index in [1.165, 1.54) is 6.21 Å². The zero-order chi connectivity index (χ0) is 22.2. The first kappa shape index (κ1) is 21.7. The molecule has 12 heteroatoms. The zero-order valence-corrected chi connectivity index (χ0v) is 17.7. The Hall–Kier alpha value is -2.50. The summed E-state index contributed by atoms with van der Waals surface area (Å²) < 4.78 is 66.5. The molecule has 1 unspecified atom stereocenters. The van der Waals surface area contributed by atoms with Crippen molar-refractivity contribution in [1.82, 2.24) is 24.6 Å². The molecule has 4 rings (SSSR count). The van der Waals surface area contributed by atoms with Gasteiger partial charge in [-0.3, -0.25) is 4.40 Å². The predicted molar refractivity (Wildman–Crippen MR) is 109 cm³/mol. The number of sulfonamides is 1. The van der Waals surface area contributed by atoms with Gasteiger partial charge in [-0.15, -0.1) is 10.2 Å². The Bertz CT molecular complexity index is 1200. The molecule has 0 spiro atoms. The maximum Gasteiger partial charge on any atom is 0.389 e. The molecular formula is C19H23F3N6O2S. The summed E-state index contributed by atoms with van der Waals surface area (Å²) in [5.41, 5.74) is 2.24. The number of alkyl halides is 3. The summed E-state index contributed by atoms with van der Waals surface area (Å²) in [6, 6.07) is 1.91. The highest BCUT2D eigenvalue weighted by molar-refractivity contribution is 7.90. The first-order valence-corrected chi connectivity index (χ1v) is 11.8. The van der Waals surface area contributed by atoms with Crippen LogP contribution in [0.4, 0.5) is 13.2 Å². The lowest BCUT2D eigenvalue weighted by Gasteiger charge is -2.16. The van der Waals surface area contributed by atoms with Crippen LogP contribution in [0.5, 0.6) is 0 Å². The maximum absolute atomic E-state index is 12.3. The molecule has 0 aromatic carbocycles. The average molecular weight is 456 g/mol. The topological polar surface area (TPSA) is 105 Å². The van der Waals surface area contributed by atoms with Gasteiger partial charge in [0, 0.05) is 24.8 Å². The van der Waals surface area contributed by atoms with Gasteiger partial charge in [-0.2, -0.15) is 17.6 Å². The van der Waals surface area contributed by atoms with E-state index in [-0.39, 0.29) is 17.8 Å². The van der Waals surface area contributed by atoms with Crippen molar-refractivity contribution in [3.8, 4) is 0 Å². The number of halogens is 3. The van der Waals surface area contributed by atoms with Gasteiger partial charge in [-0.25, -0.2) is 13.4 Å². The summed E-state index contributed by atoms with van der Waals surface area (Å²) >= 11 is 0. The summed E-state index contributed by atoms with van der Waals surface area (Å²) in [5.74, 6) is 0.425. The van der Waals surface area contributed by atoms with E-state index in [1.54, 1.807) is 12.4 Å². The molecule has 8 nitrogen and oxygen atoms in total. The summed E-state index contributed by atoms with van der Waals surface area (Å²) in [4.78, 5) is 7.39. The molecule has 0 radical (unpaired) electrons. The molecule has 0 bridgehead atoms. The first-order chi connectivity index (χ1) is 14.7. The molecule has 0 saturated heterocycles. The SMILES string of the molecule is CC[C@@H]1CC(C=NS(=O)(=O)CCCC(F)(F)F)C[C@@H]1c1nnc2cnc3[nH]ccc3n12. The van der Waals surface area contributed by atoms with Crippen LogP contribution < -0.4 is 0 Å². The highest BCUT2D eigenvalue weighted by atomic mass is 32.2. The largest absolute Gasteiger partial charge is 0.389 e. The van der Waals surface area contributed by atoms with Gasteiger partial charge in [0.2, 0.25) is 0 Å². The van der Waals surface area contributed by atoms with Crippen LogP contribution in [0.1, 0.15) is 50.8 Å². The van der Waals surface area contributed by atoms with Crippen molar-refractivity contribution in [1.29, 1.82) is 0 Å². The molecule has 31 heavy (non-hydrogen) atoms. The number of aromatic nitrogens is 5. The third-order valence-electron chi connectivity index (χ3n) is 5.85.